The van der Waals surface area contributed by atoms with E-state index in [1.165, 1.54) is 12.8 Å². The van der Waals surface area contributed by atoms with E-state index in [1.807, 2.05) is 16.7 Å². The fourth-order valence-corrected chi connectivity index (χ4v) is 5.57. The van der Waals surface area contributed by atoms with E-state index in [9.17, 15) is 8.42 Å². The van der Waals surface area contributed by atoms with Crippen LogP contribution < -0.4 is 4.72 Å². The van der Waals surface area contributed by atoms with E-state index in [-0.39, 0.29) is 11.8 Å². The molecule has 2 N–H and O–H groups in total. The van der Waals surface area contributed by atoms with Crippen LogP contribution in [0, 0.1) is 11.8 Å². The molecule has 5 rings (SSSR count). The van der Waals surface area contributed by atoms with Crippen LogP contribution >= 0.6 is 0 Å². The molecular formula is C18H25N7O2S. The number of aromatic nitrogens is 5. The molecule has 2 aliphatic rings. The Kier molecular flexibility index (Phi) is 4.37. The Morgan fingerprint density at radius 2 is 2.14 bits per heavy atom. The van der Waals surface area contributed by atoms with Crippen LogP contribution in [-0.2, 0) is 10.2 Å². The van der Waals surface area contributed by atoms with Crippen molar-refractivity contribution in [1.82, 2.24) is 33.6 Å². The van der Waals surface area contributed by atoms with Crippen molar-refractivity contribution >= 4 is 27.0 Å². The molecule has 0 aromatic carbocycles. The molecule has 2 fully saturated rings. The van der Waals surface area contributed by atoms with Gasteiger partial charge in [0.2, 0.25) is 0 Å². The Balaban J connectivity index is 1.43. The van der Waals surface area contributed by atoms with Crippen molar-refractivity contribution in [2.75, 3.05) is 19.6 Å². The number of fused-ring (bicyclic) bond motifs is 3. The van der Waals surface area contributed by atoms with Crippen LogP contribution in [0.15, 0.2) is 18.5 Å². The summed E-state index contributed by atoms with van der Waals surface area (Å²) in [5.41, 5.74) is 2.36. The lowest BCUT2D eigenvalue weighted by Gasteiger charge is -2.17. The summed E-state index contributed by atoms with van der Waals surface area (Å²) < 4.78 is 32.0. The van der Waals surface area contributed by atoms with E-state index in [0.717, 1.165) is 29.8 Å². The SMILES string of the molecule is CC[C@H]1CN(S(=O)(=O)NCCC2CC2)C[C@H]1c1nnc2cnc3[nH]ccc3n12. The van der Waals surface area contributed by atoms with E-state index in [4.69, 9.17) is 0 Å². The van der Waals surface area contributed by atoms with Gasteiger partial charge in [-0.3, -0.25) is 4.40 Å². The van der Waals surface area contributed by atoms with Crippen LogP contribution in [0.3, 0.4) is 0 Å². The van der Waals surface area contributed by atoms with Gasteiger partial charge in [0.15, 0.2) is 11.3 Å². The van der Waals surface area contributed by atoms with Crippen LogP contribution in [0.25, 0.3) is 16.8 Å². The predicted molar refractivity (Wildman–Crippen MR) is 105 cm³/mol. The first kappa shape index (κ1) is 18.0. The number of H-pyrrole nitrogens is 1. The van der Waals surface area contributed by atoms with Crippen molar-refractivity contribution in [1.29, 1.82) is 0 Å². The number of rotatable bonds is 7. The monoisotopic (exact) mass is 403 g/mol. The Morgan fingerprint density at radius 1 is 1.29 bits per heavy atom. The number of nitrogens with zero attached hydrogens (tertiary/aromatic N) is 5. The van der Waals surface area contributed by atoms with Crippen molar-refractivity contribution < 1.29 is 8.42 Å². The molecule has 2 atom stereocenters. The Morgan fingerprint density at radius 3 is 2.93 bits per heavy atom. The number of nitrogens with one attached hydrogen (secondary N) is 2. The quantitative estimate of drug-likeness (QED) is 0.624. The maximum atomic E-state index is 12.8. The van der Waals surface area contributed by atoms with Gasteiger partial charge in [-0.05, 0) is 24.3 Å². The summed E-state index contributed by atoms with van der Waals surface area (Å²) >= 11 is 0. The molecule has 1 aliphatic carbocycles. The third kappa shape index (κ3) is 3.09. The second-order valence-electron chi connectivity index (χ2n) is 7.94. The van der Waals surface area contributed by atoms with Gasteiger partial charge in [0.25, 0.3) is 10.2 Å². The Hall–Kier alpha value is -2.04. The van der Waals surface area contributed by atoms with E-state index in [0.29, 0.717) is 31.2 Å². The zero-order valence-corrected chi connectivity index (χ0v) is 16.7. The molecule has 1 saturated carbocycles. The molecule has 0 bridgehead atoms. The first-order valence-corrected chi connectivity index (χ1v) is 11.4. The second-order valence-corrected chi connectivity index (χ2v) is 9.70. The maximum absolute atomic E-state index is 12.8. The van der Waals surface area contributed by atoms with E-state index >= 15 is 0 Å². The lowest BCUT2D eigenvalue weighted by molar-refractivity contribution is 0.440. The number of hydrogen-bond acceptors (Lipinski definition) is 5. The van der Waals surface area contributed by atoms with Crippen molar-refractivity contribution in [3.05, 3.63) is 24.3 Å². The smallest absolute Gasteiger partial charge is 0.279 e. The van der Waals surface area contributed by atoms with Crippen LogP contribution in [0.2, 0.25) is 0 Å². The van der Waals surface area contributed by atoms with Gasteiger partial charge in [0.05, 0.1) is 11.7 Å². The molecule has 0 spiro atoms. The highest BCUT2D eigenvalue weighted by Crippen LogP contribution is 2.36. The van der Waals surface area contributed by atoms with Crippen LogP contribution in [0.5, 0.6) is 0 Å². The van der Waals surface area contributed by atoms with Gasteiger partial charge in [-0.25, -0.2) is 9.71 Å². The molecular weight excluding hydrogens is 378 g/mol. The van der Waals surface area contributed by atoms with Crippen molar-refractivity contribution in [2.24, 2.45) is 11.8 Å². The first-order chi connectivity index (χ1) is 13.6. The van der Waals surface area contributed by atoms with Gasteiger partial charge in [-0.2, -0.15) is 12.7 Å². The zero-order valence-electron chi connectivity index (χ0n) is 15.9. The molecule has 1 saturated heterocycles. The summed E-state index contributed by atoms with van der Waals surface area (Å²) in [4.78, 5) is 7.47. The van der Waals surface area contributed by atoms with Crippen molar-refractivity contribution in [2.45, 2.75) is 38.5 Å². The van der Waals surface area contributed by atoms with Gasteiger partial charge >= 0.3 is 0 Å². The normalized spacial score (nSPS) is 23.9. The van der Waals surface area contributed by atoms with Gasteiger partial charge < -0.3 is 4.98 Å². The predicted octanol–water partition coefficient (Wildman–Crippen LogP) is 1.67. The standard InChI is InChI=1S/C18H25N7O2S/c1-2-13-10-24(28(26,27)21-8-5-12-3-4-12)11-14(13)18-23-22-16-9-20-17-15(25(16)18)6-7-19-17/h6-7,9,12-14,19,21H,2-5,8,10-11H2,1H3/t13-,14+/m0/s1. The maximum Gasteiger partial charge on any atom is 0.279 e. The lowest BCUT2D eigenvalue weighted by atomic mass is 9.93. The highest BCUT2D eigenvalue weighted by molar-refractivity contribution is 7.87. The summed E-state index contributed by atoms with van der Waals surface area (Å²) in [5.74, 6) is 1.72. The van der Waals surface area contributed by atoms with E-state index in [2.05, 4.69) is 31.8 Å². The second kappa shape index (κ2) is 6.78. The highest BCUT2D eigenvalue weighted by Gasteiger charge is 2.41. The highest BCUT2D eigenvalue weighted by atomic mass is 32.2. The van der Waals surface area contributed by atoms with Gasteiger partial charge in [0, 0.05) is 31.7 Å². The van der Waals surface area contributed by atoms with E-state index in [1.54, 1.807) is 10.5 Å². The number of aromatic amines is 1. The van der Waals surface area contributed by atoms with Crippen molar-refractivity contribution in [3.8, 4) is 0 Å². The molecule has 150 valence electrons. The topological polar surface area (TPSA) is 108 Å². The van der Waals surface area contributed by atoms with Gasteiger partial charge in [0.1, 0.15) is 5.82 Å². The summed E-state index contributed by atoms with van der Waals surface area (Å²) in [6.45, 7) is 3.56. The van der Waals surface area contributed by atoms with E-state index < -0.39 is 10.2 Å². The fourth-order valence-electron chi connectivity index (χ4n) is 4.26. The summed E-state index contributed by atoms with van der Waals surface area (Å²) in [7, 11) is -3.47. The minimum absolute atomic E-state index is 0.000470. The minimum Gasteiger partial charge on any atom is -0.345 e. The fraction of sp³-hybridized carbons (Fsp3) is 0.611. The molecule has 1 aliphatic heterocycles. The lowest BCUT2D eigenvalue weighted by Crippen LogP contribution is -2.40. The molecule has 4 heterocycles. The van der Waals surface area contributed by atoms with Crippen LogP contribution in [-0.4, -0.2) is 56.9 Å². The van der Waals surface area contributed by atoms with Crippen molar-refractivity contribution in [3.63, 3.8) is 0 Å². The Labute approximate surface area is 163 Å². The molecule has 9 nitrogen and oxygen atoms in total. The summed E-state index contributed by atoms with van der Waals surface area (Å²) in [5, 5.41) is 8.71. The largest absolute Gasteiger partial charge is 0.345 e. The molecule has 3 aromatic heterocycles. The van der Waals surface area contributed by atoms with Crippen LogP contribution in [0.4, 0.5) is 0 Å². The van der Waals surface area contributed by atoms with Crippen LogP contribution in [0.1, 0.15) is 44.3 Å². The average Bonchev–Trinajstić information content (AvgIpc) is 3.11. The van der Waals surface area contributed by atoms with Gasteiger partial charge in [-0.15, -0.1) is 10.2 Å². The summed E-state index contributed by atoms with van der Waals surface area (Å²) in [6, 6.07) is 1.95. The zero-order chi connectivity index (χ0) is 19.3. The third-order valence-corrected chi connectivity index (χ3v) is 7.65. The van der Waals surface area contributed by atoms with Gasteiger partial charge in [-0.1, -0.05) is 26.2 Å². The molecule has 0 radical (unpaired) electrons. The Bertz CT molecular complexity index is 1100. The number of hydrogen-bond donors (Lipinski definition) is 2. The molecule has 0 amide bonds. The first-order valence-electron chi connectivity index (χ1n) is 9.98. The molecule has 10 heteroatoms. The molecule has 28 heavy (non-hydrogen) atoms. The summed E-state index contributed by atoms with van der Waals surface area (Å²) in [6.07, 6.45) is 7.81. The molecule has 3 aromatic rings. The average molecular weight is 404 g/mol. The molecule has 0 unspecified atom stereocenters. The minimum atomic E-state index is -3.47. The third-order valence-electron chi connectivity index (χ3n) is 6.10.